The monoisotopic (exact) mass is 347 g/mol. The Bertz CT molecular complexity index is 832. The number of carbonyl (C=O) groups is 2. The van der Waals surface area contributed by atoms with Gasteiger partial charge in [-0.1, -0.05) is 23.7 Å². The van der Waals surface area contributed by atoms with E-state index in [-0.39, 0.29) is 22.1 Å². The van der Waals surface area contributed by atoms with E-state index < -0.39 is 17.5 Å². The number of benzene rings is 2. The van der Waals surface area contributed by atoms with Gasteiger partial charge in [0.2, 0.25) is 0 Å². The van der Waals surface area contributed by atoms with E-state index in [1.54, 1.807) is 12.1 Å². The van der Waals surface area contributed by atoms with Crippen molar-refractivity contribution in [3.63, 3.8) is 0 Å². The number of nitrogens with zero attached hydrogens (tertiary/aromatic N) is 1. The predicted molar refractivity (Wildman–Crippen MR) is 88.6 cm³/mol. The molecule has 0 aliphatic heterocycles. The Labute approximate surface area is 143 Å². The second-order valence-electron chi connectivity index (χ2n) is 5.22. The lowest BCUT2D eigenvalue weighted by molar-refractivity contribution is -0.384. The van der Waals surface area contributed by atoms with E-state index in [1.807, 2.05) is 19.9 Å². The lowest BCUT2D eigenvalue weighted by Crippen LogP contribution is -2.15. The second kappa shape index (κ2) is 7.23. The van der Waals surface area contributed by atoms with Gasteiger partial charge in [0, 0.05) is 17.7 Å². The molecule has 0 heterocycles. The Hall–Kier alpha value is -2.73. The molecule has 0 amide bonds. The zero-order valence-corrected chi connectivity index (χ0v) is 13.8. The van der Waals surface area contributed by atoms with Crippen LogP contribution in [0.2, 0.25) is 5.02 Å². The molecule has 0 atom stereocenters. The fourth-order valence-corrected chi connectivity index (χ4v) is 2.18. The molecule has 0 aliphatic rings. The largest absolute Gasteiger partial charge is 0.454 e. The van der Waals surface area contributed by atoms with Crippen LogP contribution in [0.3, 0.4) is 0 Å². The number of halogens is 1. The summed E-state index contributed by atoms with van der Waals surface area (Å²) in [6.45, 7) is 3.33. The van der Waals surface area contributed by atoms with E-state index >= 15 is 0 Å². The highest BCUT2D eigenvalue weighted by molar-refractivity contribution is 6.33. The van der Waals surface area contributed by atoms with Crippen LogP contribution in [-0.4, -0.2) is 23.3 Å². The van der Waals surface area contributed by atoms with E-state index in [4.69, 9.17) is 16.3 Å². The zero-order chi connectivity index (χ0) is 17.9. The minimum absolute atomic E-state index is 0.0178. The van der Waals surface area contributed by atoms with Gasteiger partial charge in [-0.05, 0) is 37.1 Å². The van der Waals surface area contributed by atoms with Crippen molar-refractivity contribution in [2.45, 2.75) is 13.8 Å². The number of rotatable bonds is 5. The normalized spacial score (nSPS) is 10.3. The summed E-state index contributed by atoms with van der Waals surface area (Å²) in [5.74, 6) is -1.26. The van der Waals surface area contributed by atoms with Crippen LogP contribution in [0.1, 0.15) is 31.8 Å². The third kappa shape index (κ3) is 3.97. The minimum atomic E-state index is -0.888. The van der Waals surface area contributed by atoms with Crippen LogP contribution < -0.4 is 0 Å². The van der Waals surface area contributed by atoms with Gasteiger partial charge in [0.05, 0.1) is 15.5 Å². The zero-order valence-electron chi connectivity index (χ0n) is 13.0. The van der Waals surface area contributed by atoms with E-state index in [9.17, 15) is 19.7 Å². The summed E-state index contributed by atoms with van der Waals surface area (Å²) >= 11 is 5.86. The first kappa shape index (κ1) is 17.6. The summed E-state index contributed by atoms with van der Waals surface area (Å²) in [7, 11) is 0. The summed E-state index contributed by atoms with van der Waals surface area (Å²) in [5, 5.41) is 10.8. The van der Waals surface area contributed by atoms with Crippen molar-refractivity contribution < 1.29 is 19.2 Å². The minimum Gasteiger partial charge on any atom is -0.454 e. The van der Waals surface area contributed by atoms with Crippen molar-refractivity contribution in [2.24, 2.45) is 0 Å². The summed E-state index contributed by atoms with van der Waals surface area (Å²) in [5.41, 5.74) is 1.99. The number of esters is 1. The summed E-state index contributed by atoms with van der Waals surface area (Å²) in [6, 6.07) is 8.61. The molecule has 0 N–H and O–H groups in total. The third-order valence-electron chi connectivity index (χ3n) is 3.54. The maximum Gasteiger partial charge on any atom is 0.340 e. The van der Waals surface area contributed by atoms with E-state index in [1.165, 1.54) is 12.1 Å². The molecule has 0 aliphatic carbocycles. The average Bonchev–Trinajstić information content (AvgIpc) is 2.55. The number of carbonyl (C=O) groups excluding carboxylic acids is 2. The Kier molecular flexibility index (Phi) is 5.31. The molecule has 2 aromatic rings. The number of ketones is 1. The first-order valence-electron chi connectivity index (χ1n) is 7.01. The SMILES string of the molecule is Cc1ccc(C(=O)COC(=O)c2cc([N+](=O)[O-])ccc2Cl)cc1C. The van der Waals surface area contributed by atoms with E-state index in [2.05, 4.69) is 0 Å². The quantitative estimate of drug-likeness (QED) is 0.354. The second-order valence-corrected chi connectivity index (χ2v) is 5.63. The standard InChI is InChI=1S/C17H14ClNO5/c1-10-3-4-12(7-11(10)2)16(20)9-24-17(21)14-8-13(19(22)23)5-6-15(14)18/h3-8H,9H2,1-2H3. The highest BCUT2D eigenvalue weighted by Crippen LogP contribution is 2.23. The molecule has 0 bridgehead atoms. The Morgan fingerprint density at radius 2 is 1.83 bits per heavy atom. The maximum atomic E-state index is 12.1. The van der Waals surface area contributed by atoms with Gasteiger partial charge in [0.1, 0.15) is 0 Å². The summed E-state index contributed by atoms with van der Waals surface area (Å²) < 4.78 is 4.93. The van der Waals surface area contributed by atoms with Gasteiger partial charge in [0.25, 0.3) is 5.69 Å². The molecule has 2 aromatic carbocycles. The molecular formula is C17H14ClNO5. The van der Waals surface area contributed by atoms with Crippen molar-refractivity contribution in [1.82, 2.24) is 0 Å². The van der Waals surface area contributed by atoms with Crippen LogP contribution in [-0.2, 0) is 4.74 Å². The average molecular weight is 348 g/mol. The molecule has 124 valence electrons. The first-order chi connectivity index (χ1) is 11.3. The van der Waals surface area contributed by atoms with Gasteiger partial charge in [0.15, 0.2) is 12.4 Å². The molecule has 0 saturated heterocycles. The van der Waals surface area contributed by atoms with Crippen LogP contribution in [0.5, 0.6) is 0 Å². The van der Waals surface area contributed by atoms with Crippen LogP contribution in [0.15, 0.2) is 36.4 Å². The Morgan fingerprint density at radius 3 is 2.46 bits per heavy atom. The molecule has 0 aromatic heterocycles. The number of Topliss-reactive ketones (excluding diaryl/α,β-unsaturated/α-hetero) is 1. The number of non-ortho nitro benzene ring substituents is 1. The van der Waals surface area contributed by atoms with Gasteiger partial charge in [-0.3, -0.25) is 14.9 Å². The third-order valence-corrected chi connectivity index (χ3v) is 3.87. The van der Waals surface area contributed by atoms with E-state index in [0.29, 0.717) is 5.56 Å². The number of aryl methyl sites for hydroxylation is 2. The number of hydrogen-bond acceptors (Lipinski definition) is 5. The fourth-order valence-electron chi connectivity index (χ4n) is 1.99. The number of hydrogen-bond donors (Lipinski definition) is 0. The lowest BCUT2D eigenvalue weighted by Gasteiger charge is -2.07. The van der Waals surface area contributed by atoms with Crippen LogP contribution in [0, 0.1) is 24.0 Å². The molecule has 7 heteroatoms. The number of ether oxygens (including phenoxy) is 1. The van der Waals surface area contributed by atoms with Crippen LogP contribution in [0.25, 0.3) is 0 Å². The molecule has 2 rings (SSSR count). The Morgan fingerprint density at radius 1 is 1.12 bits per heavy atom. The van der Waals surface area contributed by atoms with Crippen LogP contribution in [0.4, 0.5) is 5.69 Å². The first-order valence-corrected chi connectivity index (χ1v) is 7.39. The van der Waals surface area contributed by atoms with Crippen molar-refractivity contribution in [2.75, 3.05) is 6.61 Å². The van der Waals surface area contributed by atoms with Crippen molar-refractivity contribution in [3.05, 3.63) is 73.8 Å². The Balaban J connectivity index is 2.10. The molecular weight excluding hydrogens is 334 g/mol. The maximum absolute atomic E-state index is 12.1. The van der Waals surface area contributed by atoms with Gasteiger partial charge in [-0.15, -0.1) is 0 Å². The number of nitro groups is 1. The van der Waals surface area contributed by atoms with Crippen LogP contribution >= 0.6 is 11.6 Å². The van der Waals surface area contributed by atoms with Crippen molar-refractivity contribution in [3.8, 4) is 0 Å². The fraction of sp³-hybridized carbons (Fsp3) is 0.176. The molecule has 6 nitrogen and oxygen atoms in total. The molecule has 24 heavy (non-hydrogen) atoms. The van der Waals surface area contributed by atoms with Gasteiger partial charge < -0.3 is 4.74 Å². The van der Waals surface area contributed by atoms with Gasteiger partial charge in [-0.25, -0.2) is 4.79 Å². The summed E-state index contributed by atoms with van der Waals surface area (Å²) in [4.78, 5) is 34.2. The van der Waals surface area contributed by atoms with Crippen molar-refractivity contribution in [1.29, 1.82) is 0 Å². The molecule has 0 saturated carbocycles. The predicted octanol–water partition coefficient (Wildman–Crippen LogP) is 3.90. The summed E-state index contributed by atoms with van der Waals surface area (Å²) in [6.07, 6.45) is 0. The van der Waals surface area contributed by atoms with E-state index in [0.717, 1.165) is 17.2 Å². The topological polar surface area (TPSA) is 86.5 Å². The molecule has 0 radical (unpaired) electrons. The number of nitro benzene ring substituents is 1. The molecule has 0 fully saturated rings. The van der Waals surface area contributed by atoms with Gasteiger partial charge >= 0.3 is 5.97 Å². The highest BCUT2D eigenvalue weighted by atomic mass is 35.5. The smallest absolute Gasteiger partial charge is 0.340 e. The van der Waals surface area contributed by atoms with Crippen molar-refractivity contribution >= 4 is 29.0 Å². The lowest BCUT2D eigenvalue weighted by atomic mass is 10.0. The highest BCUT2D eigenvalue weighted by Gasteiger charge is 2.18. The molecule has 0 unspecified atom stereocenters. The molecule has 0 spiro atoms. The van der Waals surface area contributed by atoms with Gasteiger partial charge in [-0.2, -0.15) is 0 Å².